The van der Waals surface area contributed by atoms with Gasteiger partial charge in [0, 0.05) is 38.9 Å². The van der Waals surface area contributed by atoms with E-state index in [2.05, 4.69) is 95.6 Å². The van der Waals surface area contributed by atoms with Crippen molar-refractivity contribution in [2.24, 2.45) is 0 Å². The van der Waals surface area contributed by atoms with E-state index in [4.69, 9.17) is 0 Å². The van der Waals surface area contributed by atoms with Crippen LogP contribution in [0.5, 0.6) is 0 Å². The third-order valence-corrected chi connectivity index (χ3v) is 10.8. The van der Waals surface area contributed by atoms with Crippen LogP contribution in [0.4, 0.5) is 43.4 Å². The fourth-order valence-corrected chi connectivity index (χ4v) is 8.26. The Morgan fingerprint density at radius 2 is 0.929 bits per heavy atom. The van der Waals surface area contributed by atoms with Gasteiger partial charge in [-0.05, 0) is 123 Å². The van der Waals surface area contributed by atoms with Gasteiger partial charge in [-0.3, -0.25) is 0 Å². The Balaban J connectivity index is 1.12. The molecule has 272 valence electrons. The number of rotatable bonds is 5. The molecule has 0 radical (unpaired) electrons. The molecule has 1 aromatic heterocycles. The van der Waals surface area contributed by atoms with Gasteiger partial charge in [0.25, 0.3) is 0 Å². The summed E-state index contributed by atoms with van der Waals surface area (Å²) in [6, 6.07) is 50.8. The molecule has 0 aliphatic carbocycles. The van der Waals surface area contributed by atoms with Crippen LogP contribution < -0.4 is 4.90 Å². The molecular formula is C48H28F6N2. The summed E-state index contributed by atoms with van der Waals surface area (Å²) < 4.78 is 83.1. The van der Waals surface area contributed by atoms with Crippen molar-refractivity contribution in [2.45, 2.75) is 12.4 Å². The number of hydrogen-bond donors (Lipinski definition) is 0. The maximum absolute atomic E-state index is 13.5. The Labute approximate surface area is 316 Å². The van der Waals surface area contributed by atoms with E-state index >= 15 is 0 Å². The van der Waals surface area contributed by atoms with E-state index in [-0.39, 0.29) is 0 Å². The number of benzene rings is 9. The number of halogens is 6. The third-order valence-electron chi connectivity index (χ3n) is 10.8. The molecule has 0 saturated heterocycles. The normalized spacial score (nSPS) is 12.5. The summed E-state index contributed by atoms with van der Waals surface area (Å²) >= 11 is 0. The lowest BCUT2D eigenvalue weighted by atomic mass is 9.89. The molecule has 0 aliphatic heterocycles. The number of alkyl halides is 6. The lowest BCUT2D eigenvalue weighted by Gasteiger charge is -2.26. The Morgan fingerprint density at radius 3 is 1.55 bits per heavy atom. The monoisotopic (exact) mass is 746 g/mol. The van der Waals surface area contributed by atoms with Crippen molar-refractivity contribution in [2.75, 3.05) is 4.90 Å². The Bertz CT molecular complexity index is 3010. The highest BCUT2D eigenvalue weighted by molar-refractivity contribution is 6.32. The largest absolute Gasteiger partial charge is 0.416 e. The van der Waals surface area contributed by atoms with Gasteiger partial charge in [0.2, 0.25) is 0 Å². The fourth-order valence-electron chi connectivity index (χ4n) is 8.26. The van der Waals surface area contributed by atoms with E-state index in [0.717, 1.165) is 79.0 Å². The van der Waals surface area contributed by atoms with E-state index in [1.165, 1.54) is 40.4 Å². The molecule has 0 spiro atoms. The van der Waals surface area contributed by atoms with Crippen LogP contribution in [0.25, 0.3) is 70.9 Å². The third kappa shape index (κ3) is 5.35. The minimum Gasteiger partial charge on any atom is -0.311 e. The lowest BCUT2D eigenvalue weighted by Crippen LogP contribution is -2.12. The zero-order valence-electron chi connectivity index (χ0n) is 29.3. The van der Waals surface area contributed by atoms with Crippen LogP contribution in [0.2, 0.25) is 0 Å². The summed E-state index contributed by atoms with van der Waals surface area (Å²) in [4.78, 5) is 1.64. The van der Waals surface area contributed by atoms with Crippen LogP contribution in [0, 0.1) is 0 Å². The second-order valence-corrected chi connectivity index (χ2v) is 14.0. The summed E-state index contributed by atoms with van der Waals surface area (Å²) in [5.41, 5.74) is 4.93. The first-order valence-corrected chi connectivity index (χ1v) is 18.0. The highest BCUT2D eigenvalue weighted by atomic mass is 19.4. The van der Waals surface area contributed by atoms with Crippen molar-refractivity contribution < 1.29 is 26.3 Å². The van der Waals surface area contributed by atoms with Crippen LogP contribution in [-0.2, 0) is 12.4 Å². The average Bonchev–Trinajstić information content (AvgIpc) is 3.54. The van der Waals surface area contributed by atoms with Gasteiger partial charge in [-0.15, -0.1) is 0 Å². The molecule has 10 aromatic rings. The van der Waals surface area contributed by atoms with Crippen molar-refractivity contribution in [3.8, 4) is 16.8 Å². The first kappa shape index (κ1) is 33.7. The first-order chi connectivity index (χ1) is 27.0. The van der Waals surface area contributed by atoms with Crippen molar-refractivity contribution in [3.05, 3.63) is 181 Å². The zero-order valence-corrected chi connectivity index (χ0v) is 29.3. The first-order valence-electron chi connectivity index (χ1n) is 18.0. The molecule has 56 heavy (non-hydrogen) atoms. The SMILES string of the molecule is FC(F)(F)c1ccc(N(c2ccc(-c3ccc4ccc5c6c(ccc3c46)cc3c4ccccc4n(-c4ccccc4)c35)cc2)c2ccc(C(F)(F)F)cc2)cc1. The summed E-state index contributed by atoms with van der Waals surface area (Å²) in [5.74, 6) is 0. The van der Waals surface area contributed by atoms with Gasteiger partial charge in [-0.1, -0.05) is 84.9 Å². The van der Waals surface area contributed by atoms with E-state index < -0.39 is 23.5 Å². The molecule has 10 rings (SSSR count). The number of para-hydroxylation sites is 2. The second-order valence-electron chi connectivity index (χ2n) is 14.0. The van der Waals surface area contributed by atoms with Crippen LogP contribution in [0.3, 0.4) is 0 Å². The van der Waals surface area contributed by atoms with E-state index in [9.17, 15) is 26.3 Å². The zero-order chi connectivity index (χ0) is 38.3. The molecule has 0 saturated carbocycles. The van der Waals surface area contributed by atoms with Crippen LogP contribution in [0.1, 0.15) is 11.1 Å². The van der Waals surface area contributed by atoms with Gasteiger partial charge in [0.1, 0.15) is 0 Å². The molecule has 0 unspecified atom stereocenters. The standard InChI is InChI=1S/C48H28F6N2/c49-47(50,51)32-15-21-36(22-16-32)55(37-23-17-33(18-24-37)48(52,53)54)35-19-10-29(11-20-35)38-25-12-30-13-27-41-45-31(14-26-40(38)44(30)45)28-42-39-8-4-5-9-43(39)56(46(41)42)34-6-2-1-3-7-34/h1-28H. The molecule has 0 aliphatic rings. The summed E-state index contributed by atoms with van der Waals surface area (Å²) in [6.45, 7) is 0. The lowest BCUT2D eigenvalue weighted by molar-refractivity contribution is -0.138. The number of fused-ring (bicyclic) bond motifs is 4. The minimum atomic E-state index is -4.54. The Kier molecular flexibility index (Phi) is 7.45. The Hall–Kier alpha value is -6.80. The number of anilines is 3. The van der Waals surface area contributed by atoms with Gasteiger partial charge in [0.15, 0.2) is 0 Å². The Morgan fingerprint density at radius 1 is 0.411 bits per heavy atom. The molecule has 0 fully saturated rings. The van der Waals surface area contributed by atoms with E-state index in [0.29, 0.717) is 17.1 Å². The molecule has 1 heterocycles. The van der Waals surface area contributed by atoms with Crippen LogP contribution in [0.15, 0.2) is 170 Å². The van der Waals surface area contributed by atoms with Crippen LogP contribution in [-0.4, -0.2) is 4.57 Å². The molecule has 0 atom stereocenters. The molecule has 0 N–H and O–H groups in total. The number of hydrogen-bond acceptors (Lipinski definition) is 1. The number of nitrogens with zero attached hydrogens (tertiary/aromatic N) is 2. The fraction of sp³-hybridized carbons (Fsp3) is 0.0417. The van der Waals surface area contributed by atoms with Gasteiger partial charge in [0.05, 0.1) is 22.2 Å². The predicted octanol–water partition coefficient (Wildman–Crippen LogP) is 14.9. The molecular weight excluding hydrogens is 719 g/mol. The molecule has 8 heteroatoms. The van der Waals surface area contributed by atoms with E-state index in [1.807, 2.05) is 30.3 Å². The maximum atomic E-state index is 13.5. The second kappa shape index (κ2) is 12.4. The highest BCUT2D eigenvalue weighted by Gasteiger charge is 2.32. The van der Waals surface area contributed by atoms with Gasteiger partial charge in [-0.25, -0.2) is 0 Å². The maximum Gasteiger partial charge on any atom is 0.416 e. The van der Waals surface area contributed by atoms with Gasteiger partial charge < -0.3 is 9.47 Å². The minimum absolute atomic E-state index is 0.368. The predicted molar refractivity (Wildman–Crippen MR) is 215 cm³/mol. The van der Waals surface area contributed by atoms with Crippen molar-refractivity contribution in [3.63, 3.8) is 0 Å². The average molecular weight is 747 g/mol. The molecule has 2 nitrogen and oxygen atoms in total. The quantitative estimate of drug-likeness (QED) is 0.126. The molecule has 0 bridgehead atoms. The summed E-state index contributed by atoms with van der Waals surface area (Å²) in [5, 5.41) is 9.13. The molecule has 0 amide bonds. The van der Waals surface area contributed by atoms with Crippen LogP contribution >= 0.6 is 0 Å². The van der Waals surface area contributed by atoms with Gasteiger partial charge >= 0.3 is 12.4 Å². The highest BCUT2D eigenvalue weighted by Crippen LogP contribution is 2.46. The number of aromatic nitrogens is 1. The summed E-state index contributed by atoms with van der Waals surface area (Å²) in [7, 11) is 0. The topological polar surface area (TPSA) is 8.17 Å². The van der Waals surface area contributed by atoms with Gasteiger partial charge in [-0.2, -0.15) is 26.3 Å². The smallest absolute Gasteiger partial charge is 0.311 e. The van der Waals surface area contributed by atoms with Crippen molar-refractivity contribution in [1.82, 2.24) is 4.57 Å². The summed E-state index contributed by atoms with van der Waals surface area (Å²) in [6.07, 6.45) is -9.07. The van der Waals surface area contributed by atoms with Crippen molar-refractivity contribution >= 4 is 71.2 Å². The van der Waals surface area contributed by atoms with E-state index in [1.54, 1.807) is 4.90 Å². The van der Waals surface area contributed by atoms with Crippen molar-refractivity contribution in [1.29, 1.82) is 0 Å². The molecule has 9 aromatic carbocycles.